The van der Waals surface area contributed by atoms with Gasteiger partial charge in [0.15, 0.2) is 0 Å². The van der Waals surface area contributed by atoms with Gasteiger partial charge in [0.2, 0.25) is 0 Å². The molecule has 5 nitrogen and oxygen atoms in total. The van der Waals surface area contributed by atoms with Crippen molar-refractivity contribution in [3.05, 3.63) is 47.3 Å². The summed E-state index contributed by atoms with van der Waals surface area (Å²) < 4.78 is 40.4. The lowest BCUT2D eigenvalue weighted by Crippen LogP contribution is -2.07. The molecule has 1 aromatic heterocycles. The molecule has 0 radical (unpaired) electrons. The number of aryl methyl sites for hydroxylation is 1. The molecule has 0 spiro atoms. The van der Waals surface area contributed by atoms with E-state index in [4.69, 9.17) is 10.8 Å². The third-order valence-corrected chi connectivity index (χ3v) is 2.25. The van der Waals surface area contributed by atoms with Crippen LogP contribution < -0.4 is 5.73 Å². The van der Waals surface area contributed by atoms with E-state index in [1.165, 1.54) is 24.4 Å². The third kappa shape index (κ3) is 4.01. The van der Waals surface area contributed by atoms with Crippen LogP contribution in [0, 0.1) is 6.92 Å². The number of anilines is 1. The highest BCUT2D eigenvalue weighted by molar-refractivity contribution is 5.88. The number of carboxylic acid groups (broad SMARTS) is 1. The van der Waals surface area contributed by atoms with Crippen molar-refractivity contribution in [3.63, 3.8) is 0 Å². The molecule has 0 aliphatic heterocycles. The number of para-hydroxylation sites is 1. The van der Waals surface area contributed by atoms with E-state index in [2.05, 4.69) is 9.68 Å². The Kier molecular flexibility index (Phi) is 4.73. The van der Waals surface area contributed by atoms with Gasteiger partial charge in [-0.15, -0.1) is 0 Å². The summed E-state index contributed by atoms with van der Waals surface area (Å²) in [6, 6.07) is 4.95. The molecule has 108 valence electrons. The Bertz CT molecular complexity index is 594. The summed E-state index contributed by atoms with van der Waals surface area (Å²) in [5, 5.41) is 11.6. The lowest BCUT2D eigenvalue weighted by Gasteiger charge is -2.07. The maximum Gasteiger partial charge on any atom is 0.418 e. The number of aromatic carboxylic acids is 1. The number of hydrogen-bond donors (Lipinski definition) is 2. The van der Waals surface area contributed by atoms with Gasteiger partial charge < -0.3 is 15.4 Å². The first-order valence-corrected chi connectivity index (χ1v) is 5.29. The quantitative estimate of drug-likeness (QED) is 0.787. The normalized spacial score (nSPS) is 10.6. The first-order chi connectivity index (χ1) is 9.23. The number of nitrogen functional groups attached to an aromatic ring is 1. The Hall–Kier alpha value is -2.51. The van der Waals surface area contributed by atoms with Crippen molar-refractivity contribution in [2.75, 3.05) is 5.73 Å². The molecule has 2 aromatic rings. The molecule has 1 heterocycles. The van der Waals surface area contributed by atoms with Gasteiger partial charge in [-0.1, -0.05) is 17.3 Å². The molecule has 0 aliphatic rings. The number of rotatable bonds is 1. The van der Waals surface area contributed by atoms with Crippen LogP contribution in [0.4, 0.5) is 18.9 Å². The molecular weight excluding hydrogens is 277 g/mol. The standard InChI is InChI=1S/C7H6F3N.C5H5NO3/c8-7(9,10)5-3-1-2-4-6(5)11;1-3-4(5(7)8)2-6-9-3/h1-4H,11H2;2H,1H3,(H,7,8). The highest BCUT2D eigenvalue weighted by atomic mass is 19.4. The molecule has 0 unspecified atom stereocenters. The van der Waals surface area contributed by atoms with Crippen LogP contribution in [-0.4, -0.2) is 16.2 Å². The number of nitrogens with zero attached hydrogens (tertiary/aromatic N) is 1. The topological polar surface area (TPSA) is 89.3 Å². The largest absolute Gasteiger partial charge is 0.478 e. The smallest absolute Gasteiger partial charge is 0.418 e. The molecule has 0 fully saturated rings. The summed E-state index contributed by atoms with van der Waals surface area (Å²) >= 11 is 0. The average molecular weight is 288 g/mol. The van der Waals surface area contributed by atoms with E-state index >= 15 is 0 Å². The zero-order valence-corrected chi connectivity index (χ0v) is 10.3. The number of hydrogen-bond acceptors (Lipinski definition) is 4. The van der Waals surface area contributed by atoms with Gasteiger partial charge >= 0.3 is 12.1 Å². The molecule has 0 bridgehead atoms. The van der Waals surface area contributed by atoms with Crippen LogP contribution in [0.2, 0.25) is 0 Å². The van der Waals surface area contributed by atoms with Crippen LogP contribution in [-0.2, 0) is 6.18 Å². The van der Waals surface area contributed by atoms with Crippen molar-refractivity contribution in [1.29, 1.82) is 0 Å². The van der Waals surface area contributed by atoms with Gasteiger partial charge in [-0.3, -0.25) is 0 Å². The molecule has 2 rings (SSSR count). The molecule has 0 aliphatic carbocycles. The molecular formula is C12H11F3N2O3. The number of carboxylic acids is 1. The first-order valence-electron chi connectivity index (χ1n) is 5.29. The fourth-order valence-electron chi connectivity index (χ4n) is 1.26. The Morgan fingerprint density at radius 3 is 2.25 bits per heavy atom. The summed E-state index contributed by atoms with van der Waals surface area (Å²) in [5.74, 6) is -0.670. The van der Waals surface area contributed by atoms with Crippen LogP contribution in [0.5, 0.6) is 0 Å². The van der Waals surface area contributed by atoms with Crippen LogP contribution in [0.25, 0.3) is 0 Å². The maximum absolute atomic E-state index is 12.0. The van der Waals surface area contributed by atoms with Gasteiger partial charge in [0.1, 0.15) is 11.3 Å². The minimum Gasteiger partial charge on any atom is -0.478 e. The lowest BCUT2D eigenvalue weighted by molar-refractivity contribution is -0.136. The van der Waals surface area contributed by atoms with E-state index in [1.807, 2.05) is 0 Å². The van der Waals surface area contributed by atoms with Crippen LogP contribution >= 0.6 is 0 Å². The number of nitrogens with two attached hydrogens (primary N) is 1. The number of alkyl halides is 3. The summed E-state index contributed by atoms with van der Waals surface area (Å²) in [6.07, 6.45) is -3.16. The Balaban J connectivity index is 0.000000204. The van der Waals surface area contributed by atoms with Crippen molar-refractivity contribution in [1.82, 2.24) is 5.16 Å². The van der Waals surface area contributed by atoms with E-state index in [0.717, 1.165) is 6.07 Å². The Labute approximate surface area is 111 Å². The van der Waals surface area contributed by atoms with Crippen molar-refractivity contribution in [2.24, 2.45) is 0 Å². The average Bonchev–Trinajstić information content (AvgIpc) is 2.75. The fourth-order valence-corrected chi connectivity index (χ4v) is 1.26. The monoisotopic (exact) mass is 288 g/mol. The summed E-state index contributed by atoms with van der Waals surface area (Å²) in [5.41, 5.74) is 4.19. The molecule has 0 saturated heterocycles. The minimum atomic E-state index is -4.34. The lowest BCUT2D eigenvalue weighted by atomic mass is 10.2. The summed E-state index contributed by atoms with van der Waals surface area (Å²) in [7, 11) is 0. The van der Waals surface area contributed by atoms with Gasteiger partial charge in [-0.05, 0) is 19.1 Å². The van der Waals surface area contributed by atoms with Crippen LogP contribution in [0.1, 0.15) is 21.7 Å². The molecule has 1 aromatic carbocycles. The van der Waals surface area contributed by atoms with Crippen molar-refractivity contribution in [3.8, 4) is 0 Å². The Morgan fingerprint density at radius 1 is 1.35 bits per heavy atom. The van der Waals surface area contributed by atoms with E-state index in [-0.39, 0.29) is 11.3 Å². The van der Waals surface area contributed by atoms with E-state index in [9.17, 15) is 18.0 Å². The molecule has 0 saturated carbocycles. The van der Waals surface area contributed by atoms with Crippen LogP contribution in [0.3, 0.4) is 0 Å². The zero-order chi connectivity index (χ0) is 15.3. The van der Waals surface area contributed by atoms with Gasteiger partial charge in [0, 0.05) is 5.69 Å². The van der Waals surface area contributed by atoms with Gasteiger partial charge in [-0.25, -0.2) is 4.79 Å². The third-order valence-electron chi connectivity index (χ3n) is 2.25. The SMILES string of the molecule is Cc1oncc1C(=O)O.Nc1ccccc1C(F)(F)F. The summed E-state index contributed by atoms with van der Waals surface area (Å²) in [4.78, 5) is 10.2. The van der Waals surface area contributed by atoms with Gasteiger partial charge in [0.25, 0.3) is 0 Å². The Morgan fingerprint density at radius 2 is 1.95 bits per heavy atom. The highest BCUT2D eigenvalue weighted by Crippen LogP contribution is 2.32. The predicted octanol–water partition coefficient (Wildman–Crippen LogP) is 2.97. The second-order valence-corrected chi connectivity index (χ2v) is 3.69. The minimum absolute atomic E-state index is 0.120. The number of aromatic nitrogens is 1. The predicted molar refractivity (Wildman–Crippen MR) is 64.1 cm³/mol. The van der Waals surface area contributed by atoms with Crippen molar-refractivity contribution >= 4 is 11.7 Å². The first kappa shape index (κ1) is 15.5. The van der Waals surface area contributed by atoms with Crippen molar-refractivity contribution in [2.45, 2.75) is 13.1 Å². The molecule has 0 amide bonds. The van der Waals surface area contributed by atoms with Gasteiger partial charge in [-0.2, -0.15) is 13.2 Å². The second-order valence-electron chi connectivity index (χ2n) is 3.69. The summed E-state index contributed by atoms with van der Waals surface area (Å²) in [6.45, 7) is 1.55. The van der Waals surface area contributed by atoms with E-state index in [0.29, 0.717) is 5.76 Å². The number of benzene rings is 1. The fraction of sp³-hybridized carbons (Fsp3) is 0.167. The zero-order valence-electron chi connectivity index (χ0n) is 10.3. The second kappa shape index (κ2) is 6.09. The number of halogens is 3. The molecule has 3 N–H and O–H groups in total. The van der Waals surface area contributed by atoms with Gasteiger partial charge in [0.05, 0.1) is 11.8 Å². The van der Waals surface area contributed by atoms with Crippen molar-refractivity contribution < 1.29 is 27.6 Å². The molecule has 8 heteroatoms. The van der Waals surface area contributed by atoms with E-state index in [1.54, 1.807) is 6.92 Å². The number of carbonyl (C=O) groups is 1. The highest BCUT2D eigenvalue weighted by Gasteiger charge is 2.32. The van der Waals surface area contributed by atoms with Crippen LogP contribution in [0.15, 0.2) is 35.0 Å². The van der Waals surface area contributed by atoms with E-state index < -0.39 is 17.7 Å². The molecule has 0 atom stereocenters. The molecule has 20 heavy (non-hydrogen) atoms. The maximum atomic E-state index is 12.0.